The summed E-state index contributed by atoms with van der Waals surface area (Å²) in [6.07, 6.45) is 7.33. The van der Waals surface area contributed by atoms with E-state index in [4.69, 9.17) is 12.3 Å². The maximum atomic E-state index is 11.5. The Morgan fingerprint density at radius 3 is 2.32 bits per heavy atom. The van der Waals surface area contributed by atoms with Crippen LogP contribution in [0.2, 0.25) is 0 Å². The molecule has 0 saturated carbocycles. The molecular weight excluding hydrogens is 418 g/mol. The van der Waals surface area contributed by atoms with Gasteiger partial charge < -0.3 is 25.1 Å². The first-order valence-electron chi connectivity index (χ1n) is 6.22. The van der Waals surface area contributed by atoms with Crippen LogP contribution in [0.1, 0.15) is 51.9 Å². The van der Waals surface area contributed by atoms with Gasteiger partial charge in [0.15, 0.2) is 0 Å². The Morgan fingerprint density at radius 2 is 1.84 bits per heavy atom. The van der Waals surface area contributed by atoms with Crippen molar-refractivity contribution in [2.75, 3.05) is 0 Å². The maximum Gasteiger partial charge on any atom is 1.00 e. The molecule has 0 heterocycles. The van der Waals surface area contributed by atoms with Crippen LogP contribution in [0, 0.1) is 14.0 Å². The average molecular weight is 445 g/mol. The van der Waals surface area contributed by atoms with Gasteiger partial charge in [0, 0.05) is 18.9 Å². The van der Waals surface area contributed by atoms with Gasteiger partial charge in [-0.05, 0) is 6.42 Å². The van der Waals surface area contributed by atoms with Crippen molar-refractivity contribution in [3.8, 4) is 0 Å². The number of carbonyl (C=O) groups excluding carboxylic acids is 2. The number of nitrogens with one attached hydrogen (secondary N) is 1. The molecule has 0 bridgehead atoms. The molecule has 0 aromatic rings. The molecule has 5 heteroatoms. The predicted molar refractivity (Wildman–Crippen MR) is 74.4 cm³/mol. The summed E-state index contributed by atoms with van der Waals surface area (Å²) in [6.45, 7) is 7.47. The van der Waals surface area contributed by atoms with Gasteiger partial charge in [-0.25, -0.2) is 0 Å². The molecule has 4 nitrogen and oxygen atoms in total. The third-order valence-electron chi connectivity index (χ3n) is 2.51. The molecule has 1 atom stereocenters. The van der Waals surface area contributed by atoms with Crippen molar-refractivity contribution >= 4 is 11.8 Å². The van der Waals surface area contributed by atoms with Crippen molar-refractivity contribution < 1.29 is 29.4 Å². The molecule has 1 radical (unpaired) electrons. The first-order valence-corrected chi connectivity index (χ1v) is 6.22. The van der Waals surface area contributed by atoms with E-state index in [9.17, 15) is 9.59 Å². The largest absolute Gasteiger partial charge is 1.00 e. The van der Waals surface area contributed by atoms with Gasteiger partial charge in [-0.2, -0.15) is 0 Å². The number of carbonyl (C=O) groups is 2. The standard InChI is InChI=1S/C13H23N2O2.CH3.Os/c1-3-5-6-7-8-9-13(17)15-11(4-2)10-12(14)16;;/h2,4,11H,3,5-10H2,1H3,(H2,14,16)(H,15,17);1H3;/q2*-1;+1/t11-;;/m0../s1. The summed E-state index contributed by atoms with van der Waals surface area (Å²) >= 11 is 0. The third kappa shape index (κ3) is 15.3. The predicted octanol–water partition coefficient (Wildman–Crippen LogP) is 2.14. The summed E-state index contributed by atoms with van der Waals surface area (Å²) in [5.74, 6) is -0.547. The molecular formula is C14H26N2O2Os-. The zero-order valence-corrected chi connectivity index (χ0v) is 14.5. The van der Waals surface area contributed by atoms with Crippen LogP contribution in [0.5, 0.6) is 0 Å². The van der Waals surface area contributed by atoms with E-state index in [0.717, 1.165) is 19.3 Å². The van der Waals surface area contributed by atoms with E-state index in [0.29, 0.717) is 6.42 Å². The van der Waals surface area contributed by atoms with Crippen LogP contribution in [-0.4, -0.2) is 17.9 Å². The van der Waals surface area contributed by atoms with Gasteiger partial charge in [0.25, 0.3) is 0 Å². The van der Waals surface area contributed by atoms with Crippen LogP contribution in [-0.2, 0) is 29.4 Å². The summed E-state index contributed by atoms with van der Waals surface area (Å²) in [6, 6.07) is -0.448. The van der Waals surface area contributed by atoms with Crippen LogP contribution < -0.4 is 11.1 Å². The van der Waals surface area contributed by atoms with E-state index in [-0.39, 0.29) is 39.5 Å². The van der Waals surface area contributed by atoms with E-state index < -0.39 is 11.9 Å². The van der Waals surface area contributed by atoms with Crippen LogP contribution in [0.25, 0.3) is 0 Å². The normalized spacial score (nSPS) is 10.6. The molecule has 2 amide bonds. The summed E-state index contributed by atoms with van der Waals surface area (Å²) in [7, 11) is 0. The maximum absolute atomic E-state index is 11.5. The Hall–Kier alpha value is -0.684. The molecule has 0 rings (SSSR count). The molecule has 19 heavy (non-hydrogen) atoms. The quantitative estimate of drug-likeness (QED) is 0.400. The molecule has 113 valence electrons. The van der Waals surface area contributed by atoms with Crippen molar-refractivity contribution in [3.05, 3.63) is 20.1 Å². The van der Waals surface area contributed by atoms with E-state index in [1.807, 2.05) is 0 Å². The smallest absolute Gasteiger partial charge is 0.516 e. The van der Waals surface area contributed by atoms with Crippen molar-refractivity contribution in [1.29, 1.82) is 0 Å². The van der Waals surface area contributed by atoms with Gasteiger partial charge in [0.1, 0.15) is 0 Å². The second-order valence-corrected chi connectivity index (χ2v) is 4.20. The zero-order chi connectivity index (χ0) is 13.1. The molecule has 0 spiro atoms. The van der Waals surface area contributed by atoms with Crippen molar-refractivity contribution in [2.24, 2.45) is 5.73 Å². The van der Waals surface area contributed by atoms with Crippen molar-refractivity contribution in [3.63, 3.8) is 0 Å². The second kappa shape index (κ2) is 15.4. The molecule has 0 aromatic carbocycles. The third-order valence-corrected chi connectivity index (χ3v) is 2.51. The fourth-order valence-corrected chi connectivity index (χ4v) is 1.55. The Kier molecular flexibility index (Phi) is 18.9. The molecule has 0 unspecified atom stereocenters. The van der Waals surface area contributed by atoms with Gasteiger partial charge in [-0.1, -0.05) is 32.6 Å². The monoisotopic (exact) mass is 446 g/mol. The zero-order valence-electron chi connectivity index (χ0n) is 11.9. The molecule has 0 aliphatic rings. The average Bonchev–Trinajstić information content (AvgIpc) is 2.27. The van der Waals surface area contributed by atoms with Crippen LogP contribution >= 0.6 is 0 Å². The molecule has 0 aliphatic carbocycles. The molecule has 0 saturated heterocycles. The Bertz CT molecular complexity index is 258. The van der Waals surface area contributed by atoms with Crippen LogP contribution in [0.15, 0.2) is 6.08 Å². The van der Waals surface area contributed by atoms with Crippen LogP contribution in [0.4, 0.5) is 0 Å². The number of amides is 2. The fourth-order valence-electron chi connectivity index (χ4n) is 1.55. The van der Waals surface area contributed by atoms with Gasteiger partial charge in [-0.15, -0.1) is 0 Å². The number of primary amides is 1. The van der Waals surface area contributed by atoms with Crippen molar-refractivity contribution in [2.45, 2.75) is 57.9 Å². The molecule has 3 N–H and O–H groups in total. The summed E-state index contributed by atoms with van der Waals surface area (Å²) in [4.78, 5) is 22.2. The summed E-state index contributed by atoms with van der Waals surface area (Å²) in [5.41, 5.74) is 5.03. The van der Waals surface area contributed by atoms with Gasteiger partial charge >= 0.3 is 19.8 Å². The topological polar surface area (TPSA) is 72.2 Å². The van der Waals surface area contributed by atoms with Crippen molar-refractivity contribution in [1.82, 2.24) is 5.32 Å². The Morgan fingerprint density at radius 1 is 1.26 bits per heavy atom. The summed E-state index contributed by atoms with van der Waals surface area (Å²) < 4.78 is 0. The fraction of sp³-hybridized carbons (Fsp3) is 0.643. The van der Waals surface area contributed by atoms with Crippen LogP contribution in [0.3, 0.4) is 0 Å². The van der Waals surface area contributed by atoms with Gasteiger partial charge in [0.2, 0.25) is 11.8 Å². The number of nitrogens with two attached hydrogens (primary N) is 1. The van der Waals surface area contributed by atoms with E-state index >= 15 is 0 Å². The van der Waals surface area contributed by atoms with E-state index in [2.05, 4.69) is 12.2 Å². The molecule has 0 aliphatic heterocycles. The minimum absolute atomic E-state index is 0. The minimum Gasteiger partial charge on any atom is -0.516 e. The number of hydrogen-bond acceptors (Lipinski definition) is 2. The Labute approximate surface area is 130 Å². The summed E-state index contributed by atoms with van der Waals surface area (Å²) in [5, 5.41) is 2.67. The van der Waals surface area contributed by atoms with E-state index in [1.54, 1.807) is 0 Å². The molecule has 0 fully saturated rings. The van der Waals surface area contributed by atoms with Gasteiger partial charge in [0.05, 0.1) is 0 Å². The number of rotatable bonds is 10. The van der Waals surface area contributed by atoms with E-state index in [1.165, 1.54) is 18.9 Å². The number of unbranched alkanes of at least 4 members (excludes halogenated alkanes) is 4. The first kappa shape index (κ1) is 23.4. The Balaban J connectivity index is -0.00000128. The van der Waals surface area contributed by atoms with Gasteiger partial charge in [-0.3, -0.25) is 15.7 Å². The minimum atomic E-state index is -0.472. The first-order chi connectivity index (χ1) is 8.10. The SMILES string of the molecule is [CH-]=C[C@@H](CC(N)=O)NC(=O)CCCCCCC.[CH3-].[Os+]. The molecule has 0 aromatic heterocycles. The second-order valence-electron chi connectivity index (χ2n) is 4.20. The number of hydrogen-bond donors (Lipinski definition) is 2.